The number of rotatable bonds is 33. The summed E-state index contributed by atoms with van der Waals surface area (Å²) in [6.45, 7) is 6.88. The second-order valence-corrected chi connectivity index (χ2v) is 16.5. The molecule has 0 aromatic carbocycles. The number of hydrogen-bond donors (Lipinski definition) is 2. The first kappa shape index (κ1) is 51.7. The maximum Gasteiger partial charge on any atom is 0.320 e. The monoisotopic (exact) mass is 880 g/mol. The molecular formula is C53H73N3O8. The van der Waals surface area contributed by atoms with Crippen LogP contribution in [0.25, 0.3) is 0 Å². The molecule has 2 atom stereocenters. The van der Waals surface area contributed by atoms with Gasteiger partial charge in [-0.3, -0.25) is 24.1 Å². The van der Waals surface area contributed by atoms with E-state index in [-0.39, 0.29) is 38.1 Å². The Morgan fingerprint density at radius 2 is 1.11 bits per heavy atom. The van der Waals surface area contributed by atoms with Gasteiger partial charge in [-0.25, -0.2) is 0 Å². The fourth-order valence-corrected chi connectivity index (χ4v) is 8.16. The van der Waals surface area contributed by atoms with Gasteiger partial charge in [-0.15, -0.1) is 0 Å². The van der Waals surface area contributed by atoms with Crippen molar-refractivity contribution in [1.82, 2.24) is 15.5 Å². The molecule has 64 heavy (non-hydrogen) atoms. The number of hydrogen-bond acceptors (Lipinski definition) is 9. The van der Waals surface area contributed by atoms with E-state index in [1.807, 2.05) is 0 Å². The van der Waals surface area contributed by atoms with Crippen molar-refractivity contribution in [1.29, 1.82) is 0 Å². The predicted octanol–water partition coefficient (Wildman–Crippen LogP) is 7.96. The number of allylic oxidation sites excluding steroid dienone is 12. The van der Waals surface area contributed by atoms with Gasteiger partial charge in [-0.05, 0) is 79.2 Å². The lowest BCUT2D eigenvalue weighted by Gasteiger charge is -2.40. The molecule has 2 unspecified atom stereocenters. The lowest BCUT2D eigenvalue weighted by molar-refractivity contribution is -0.148. The molecule has 2 amide bonds. The van der Waals surface area contributed by atoms with Crippen molar-refractivity contribution < 1.29 is 38.1 Å². The van der Waals surface area contributed by atoms with Gasteiger partial charge in [-0.1, -0.05) is 118 Å². The Hall–Kier alpha value is -4.94. The zero-order valence-corrected chi connectivity index (χ0v) is 38.7. The first-order chi connectivity index (χ1) is 31.4. The molecule has 0 aliphatic heterocycles. The van der Waals surface area contributed by atoms with E-state index in [0.717, 1.165) is 83.5 Å². The molecule has 4 aliphatic rings. The minimum absolute atomic E-state index is 0.0108. The van der Waals surface area contributed by atoms with Crippen molar-refractivity contribution in [2.24, 2.45) is 11.8 Å². The van der Waals surface area contributed by atoms with Gasteiger partial charge in [-0.2, -0.15) is 0 Å². The van der Waals surface area contributed by atoms with Crippen molar-refractivity contribution in [2.75, 3.05) is 72.4 Å². The van der Waals surface area contributed by atoms with Crippen molar-refractivity contribution >= 4 is 23.8 Å². The highest BCUT2D eigenvalue weighted by molar-refractivity contribution is 5.77. The molecule has 4 rings (SSSR count). The summed E-state index contributed by atoms with van der Waals surface area (Å²) in [5.74, 6) is 12.6. The van der Waals surface area contributed by atoms with Crippen LogP contribution >= 0.6 is 0 Å². The van der Waals surface area contributed by atoms with E-state index in [2.05, 4.69) is 89.0 Å². The van der Waals surface area contributed by atoms with E-state index in [4.69, 9.17) is 18.9 Å². The van der Waals surface area contributed by atoms with E-state index in [0.29, 0.717) is 70.7 Å². The number of carbonyl (C=O) groups excluding carboxylic acids is 4. The summed E-state index contributed by atoms with van der Waals surface area (Å²) in [5.41, 5.74) is 6.64. The molecule has 2 N–H and O–H groups in total. The first-order valence-corrected chi connectivity index (χ1v) is 24.0. The second kappa shape index (κ2) is 31.8. The first-order valence-electron chi connectivity index (χ1n) is 24.0. The molecule has 0 spiro atoms. The molecule has 0 fully saturated rings. The highest BCUT2D eigenvalue weighted by atomic mass is 16.5. The number of unbranched alkanes of at least 4 members (excludes halogenated alkanes) is 12. The van der Waals surface area contributed by atoms with Crippen molar-refractivity contribution in [3.63, 3.8) is 0 Å². The molecule has 348 valence electrons. The molecule has 11 nitrogen and oxygen atoms in total. The largest absolute Gasteiger partial charge is 0.465 e. The van der Waals surface area contributed by atoms with Crippen molar-refractivity contribution in [2.45, 2.75) is 117 Å². The van der Waals surface area contributed by atoms with Gasteiger partial charge in [0.1, 0.15) is 0 Å². The van der Waals surface area contributed by atoms with E-state index < -0.39 is 11.9 Å². The number of nitrogens with zero attached hydrogens (tertiary/aromatic N) is 1. The average molecular weight is 880 g/mol. The third-order valence-corrected chi connectivity index (χ3v) is 11.4. The fraction of sp³-hybridized carbons (Fsp3) is 0.585. The molecule has 0 saturated carbocycles. The van der Waals surface area contributed by atoms with Crippen LogP contribution in [0.15, 0.2) is 82.5 Å². The highest BCUT2D eigenvalue weighted by Gasteiger charge is 2.37. The normalized spacial score (nSPS) is 16.4. The Morgan fingerprint density at radius 3 is 1.75 bits per heavy atom. The topological polar surface area (TPSA) is 132 Å². The number of amides is 2. The Morgan fingerprint density at radius 1 is 0.578 bits per heavy atom. The maximum absolute atomic E-state index is 12.6. The van der Waals surface area contributed by atoms with Crippen LogP contribution in [0.4, 0.5) is 0 Å². The summed E-state index contributed by atoms with van der Waals surface area (Å²) in [5, 5.41) is 6.05. The van der Waals surface area contributed by atoms with Crippen LogP contribution in [0.3, 0.4) is 0 Å². The van der Waals surface area contributed by atoms with Gasteiger partial charge in [0.25, 0.3) is 0 Å². The van der Waals surface area contributed by atoms with Crippen LogP contribution < -0.4 is 10.6 Å². The minimum Gasteiger partial charge on any atom is -0.465 e. The third-order valence-electron chi connectivity index (χ3n) is 11.4. The Labute approximate surface area is 383 Å². The predicted molar refractivity (Wildman–Crippen MR) is 252 cm³/mol. The SMILES string of the molecule is CCOC(=O)CN(CCOCCOCCNC(=O)CCCCCCCCC#CC#CCCCCCCCCC(=O)NCC1=CC2=CC=C3C=CC=C4C=CC(=C1)C2C43)CC(=O)OCC. The summed E-state index contributed by atoms with van der Waals surface area (Å²) in [6, 6.07) is 0. The number of ether oxygens (including phenoxy) is 4. The molecule has 0 bridgehead atoms. The van der Waals surface area contributed by atoms with Gasteiger partial charge in [0.15, 0.2) is 0 Å². The van der Waals surface area contributed by atoms with Gasteiger partial charge in [0.2, 0.25) is 11.8 Å². The van der Waals surface area contributed by atoms with Gasteiger partial charge in [0, 0.05) is 57.2 Å². The standard InChI is InChI=1S/C53H73N3O8/c1-3-63-50(59)41-56(42-51(60)64-4-2)33-35-62-37-36-61-34-32-54-48(57)26-21-19-17-15-13-11-9-7-5-6-8-10-12-14-16-18-20-22-27-49(58)55-40-43-38-46-30-28-44-24-23-25-45-29-31-47(39-43)53(46)52(44)45/h23-25,28-31,38-39,52-53H,3-4,9-22,26-27,32-37,40-42H2,1-2H3,(H,54,57)(H,55,58). The lowest BCUT2D eigenvalue weighted by atomic mass is 9.64. The summed E-state index contributed by atoms with van der Waals surface area (Å²) in [6.07, 6.45) is 36.0. The fourth-order valence-electron chi connectivity index (χ4n) is 8.16. The van der Waals surface area contributed by atoms with E-state index >= 15 is 0 Å². The van der Waals surface area contributed by atoms with E-state index in [1.165, 1.54) is 34.3 Å². The molecule has 0 heterocycles. The van der Waals surface area contributed by atoms with Crippen LogP contribution in [0.2, 0.25) is 0 Å². The Bertz CT molecular complexity index is 1840. The van der Waals surface area contributed by atoms with Gasteiger partial charge in [0.05, 0.1) is 52.7 Å². The van der Waals surface area contributed by atoms with E-state index in [1.54, 1.807) is 18.7 Å². The van der Waals surface area contributed by atoms with Crippen LogP contribution in [-0.4, -0.2) is 101 Å². The van der Waals surface area contributed by atoms with Crippen LogP contribution in [0.1, 0.15) is 117 Å². The highest BCUT2D eigenvalue weighted by Crippen LogP contribution is 2.48. The quantitative estimate of drug-likeness (QED) is 0.0383. The Kier molecular flexibility index (Phi) is 25.7. The summed E-state index contributed by atoms with van der Waals surface area (Å²) in [4.78, 5) is 50.0. The van der Waals surface area contributed by atoms with Crippen molar-refractivity contribution in [3.8, 4) is 23.7 Å². The third kappa shape index (κ3) is 20.7. The van der Waals surface area contributed by atoms with E-state index in [9.17, 15) is 19.2 Å². The number of carbonyl (C=O) groups is 4. The Balaban J connectivity index is 0.865. The molecule has 11 heteroatoms. The zero-order valence-electron chi connectivity index (χ0n) is 38.7. The summed E-state index contributed by atoms with van der Waals surface area (Å²) in [7, 11) is 0. The average Bonchev–Trinajstić information content (AvgIpc) is 3.28. The van der Waals surface area contributed by atoms with Crippen LogP contribution in [0.5, 0.6) is 0 Å². The van der Waals surface area contributed by atoms with Crippen LogP contribution in [-0.2, 0) is 38.1 Å². The lowest BCUT2D eigenvalue weighted by Crippen LogP contribution is -2.38. The number of nitrogens with one attached hydrogen (secondary N) is 2. The smallest absolute Gasteiger partial charge is 0.320 e. The second-order valence-electron chi connectivity index (χ2n) is 16.5. The van der Waals surface area contributed by atoms with Crippen LogP contribution in [0, 0.1) is 35.5 Å². The summed E-state index contributed by atoms with van der Waals surface area (Å²) >= 11 is 0. The molecule has 0 aromatic heterocycles. The molecule has 0 aromatic rings. The van der Waals surface area contributed by atoms with Crippen molar-refractivity contribution in [3.05, 3.63) is 82.5 Å². The molecule has 0 saturated heterocycles. The summed E-state index contributed by atoms with van der Waals surface area (Å²) < 4.78 is 21.1. The molecule has 0 radical (unpaired) electrons. The molecule has 4 aliphatic carbocycles. The van der Waals surface area contributed by atoms with Gasteiger partial charge < -0.3 is 29.6 Å². The van der Waals surface area contributed by atoms with Gasteiger partial charge >= 0.3 is 11.9 Å². The molecular weight excluding hydrogens is 807 g/mol. The minimum atomic E-state index is -0.400. The number of esters is 2. The zero-order chi connectivity index (χ0) is 45.5. The maximum atomic E-state index is 12.6.